The lowest BCUT2D eigenvalue weighted by atomic mass is 10.1. The van der Waals surface area contributed by atoms with Gasteiger partial charge < -0.3 is 5.73 Å². The standard InChI is InChI=1S/C16H21N3O2/c17-11-12-5-3-8-18(12)9-4-10-19-15(20)13-6-1-2-7-14(13)16(19)21/h1-2,6-7,12H,3-5,8-11,17H2. The topological polar surface area (TPSA) is 66.6 Å². The number of fused-ring (bicyclic) bond motifs is 1. The van der Waals surface area contributed by atoms with Crippen molar-refractivity contribution in [2.75, 3.05) is 26.2 Å². The van der Waals surface area contributed by atoms with Crippen LogP contribution in [0.25, 0.3) is 0 Å². The predicted octanol–water partition coefficient (Wildman–Crippen LogP) is 1.10. The third-order valence-corrected chi connectivity index (χ3v) is 4.48. The first-order chi connectivity index (χ1) is 10.2. The highest BCUT2D eigenvalue weighted by Crippen LogP contribution is 2.23. The lowest BCUT2D eigenvalue weighted by Gasteiger charge is -2.24. The van der Waals surface area contributed by atoms with Crippen molar-refractivity contribution in [3.63, 3.8) is 0 Å². The zero-order valence-electron chi connectivity index (χ0n) is 12.1. The van der Waals surface area contributed by atoms with E-state index in [1.807, 2.05) is 0 Å². The Morgan fingerprint density at radius 1 is 1.10 bits per heavy atom. The molecule has 0 spiro atoms. The SMILES string of the molecule is NCC1CCCN1CCCN1C(=O)c2ccccc2C1=O. The monoisotopic (exact) mass is 287 g/mol. The average molecular weight is 287 g/mol. The van der Waals surface area contributed by atoms with E-state index in [0.717, 1.165) is 25.9 Å². The quantitative estimate of drug-likeness (QED) is 0.823. The summed E-state index contributed by atoms with van der Waals surface area (Å²) in [6.07, 6.45) is 3.15. The first-order valence-electron chi connectivity index (χ1n) is 7.61. The molecule has 3 rings (SSSR count). The number of carbonyl (C=O) groups excluding carboxylic acids is 2. The van der Waals surface area contributed by atoms with E-state index in [4.69, 9.17) is 5.73 Å². The molecule has 0 aliphatic carbocycles. The molecule has 5 heteroatoms. The lowest BCUT2D eigenvalue weighted by Crippen LogP contribution is -2.38. The van der Waals surface area contributed by atoms with Crippen LogP contribution in [0.15, 0.2) is 24.3 Å². The van der Waals surface area contributed by atoms with E-state index in [-0.39, 0.29) is 11.8 Å². The molecule has 1 aromatic carbocycles. The Morgan fingerprint density at radius 2 is 1.76 bits per heavy atom. The van der Waals surface area contributed by atoms with E-state index in [0.29, 0.717) is 30.3 Å². The Balaban J connectivity index is 1.57. The van der Waals surface area contributed by atoms with Gasteiger partial charge in [0.15, 0.2) is 0 Å². The molecule has 21 heavy (non-hydrogen) atoms. The minimum Gasteiger partial charge on any atom is -0.329 e. The van der Waals surface area contributed by atoms with Crippen LogP contribution in [0.3, 0.4) is 0 Å². The Labute approximate surface area is 124 Å². The second-order valence-corrected chi connectivity index (χ2v) is 5.73. The summed E-state index contributed by atoms with van der Waals surface area (Å²) in [4.78, 5) is 28.2. The van der Waals surface area contributed by atoms with Gasteiger partial charge in [-0.3, -0.25) is 19.4 Å². The summed E-state index contributed by atoms with van der Waals surface area (Å²) < 4.78 is 0. The minimum absolute atomic E-state index is 0.160. The van der Waals surface area contributed by atoms with Gasteiger partial charge in [-0.25, -0.2) is 0 Å². The van der Waals surface area contributed by atoms with Crippen LogP contribution in [0.4, 0.5) is 0 Å². The van der Waals surface area contributed by atoms with Gasteiger partial charge in [0.2, 0.25) is 0 Å². The average Bonchev–Trinajstić information content (AvgIpc) is 3.06. The molecule has 0 bridgehead atoms. The van der Waals surface area contributed by atoms with Crippen LogP contribution < -0.4 is 5.73 Å². The summed E-state index contributed by atoms with van der Waals surface area (Å²) in [6, 6.07) is 7.50. The maximum atomic E-state index is 12.2. The zero-order valence-corrected chi connectivity index (χ0v) is 12.1. The fourth-order valence-corrected chi connectivity index (χ4v) is 3.33. The molecule has 1 aromatic rings. The number of amides is 2. The molecular formula is C16H21N3O2. The molecule has 1 fully saturated rings. The smallest absolute Gasteiger partial charge is 0.261 e. The number of nitrogens with zero attached hydrogens (tertiary/aromatic N) is 2. The number of nitrogens with two attached hydrogens (primary N) is 1. The van der Waals surface area contributed by atoms with Gasteiger partial charge in [0.1, 0.15) is 0 Å². The molecule has 2 heterocycles. The molecule has 1 atom stereocenters. The van der Waals surface area contributed by atoms with Gasteiger partial charge in [-0.15, -0.1) is 0 Å². The van der Waals surface area contributed by atoms with Gasteiger partial charge in [0, 0.05) is 25.7 Å². The van der Waals surface area contributed by atoms with Crippen molar-refractivity contribution < 1.29 is 9.59 Å². The third kappa shape index (κ3) is 2.59. The highest BCUT2D eigenvalue weighted by molar-refractivity contribution is 6.21. The predicted molar refractivity (Wildman–Crippen MR) is 80.1 cm³/mol. The van der Waals surface area contributed by atoms with E-state index < -0.39 is 0 Å². The molecule has 2 aliphatic rings. The summed E-state index contributed by atoms with van der Waals surface area (Å²) in [6.45, 7) is 3.15. The maximum absolute atomic E-state index is 12.2. The lowest BCUT2D eigenvalue weighted by molar-refractivity contribution is 0.0647. The second kappa shape index (κ2) is 5.95. The number of imide groups is 1. The van der Waals surface area contributed by atoms with E-state index >= 15 is 0 Å². The minimum atomic E-state index is -0.160. The molecule has 112 valence electrons. The fourth-order valence-electron chi connectivity index (χ4n) is 3.33. The van der Waals surface area contributed by atoms with Crippen molar-refractivity contribution in [2.24, 2.45) is 5.73 Å². The molecule has 5 nitrogen and oxygen atoms in total. The largest absolute Gasteiger partial charge is 0.329 e. The zero-order chi connectivity index (χ0) is 14.8. The number of rotatable bonds is 5. The number of hydrogen-bond donors (Lipinski definition) is 1. The van der Waals surface area contributed by atoms with Crippen LogP contribution in [0.1, 0.15) is 40.0 Å². The van der Waals surface area contributed by atoms with Crippen molar-refractivity contribution in [2.45, 2.75) is 25.3 Å². The Morgan fingerprint density at radius 3 is 2.38 bits per heavy atom. The first-order valence-corrected chi connectivity index (χ1v) is 7.61. The number of carbonyl (C=O) groups is 2. The highest BCUT2D eigenvalue weighted by atomic mass is 16.2. The summed E-state index contributed by atoms with van der Waals surface area (Å²) in [7, 11) is 0. The van der Waals surface area contributed by atoms with Crippen LogP contribution in [-0.2, 0) is 0 Å². The molecule has 1 unspecified atom stereocenters. The van der Waals surface area contributed by atoms with Crippen molar-refractivity contribution in [1.29, 1.82) is 0 Å². The van der Waals surface area contributed by atoms with E-state index in [1.165, 1.54) is 11.3 Å². The molecule has 2 aliphatic heterocycles. The van der Waals surface area contributed by atoms with Crippen LogP contribution in [0.5, 0.6) is 0 Å². The molecule has 0 radical (unpaired) electrons. The van der Waals surface area contributed by atoms with Crippen LogP contribution in [0, 0.1) is 0 Å². The number of hydrogen-bond acceptors (Lipinski definition) is 4. The normalized spacial score (nSPS) is 22.1. The van der Waals surface area contributed by atoms with Gasteiger partial charge in [0.25, 0.3) is 11.8 Å². The van der Waals surface area contributed by atoms with Gasteiger partial charge in [0.05, 0.1) is 11.1 Å². The molecule has 1 saturated heterocycles. The van der Waals surface area contributed by atoms with Gasteiger partial charge in [-0.2, -0.15) is 0 Å². The van der Waals surface area contributed by atoms with E-state index in [9.17, 15) is 9.59 Å². The van der Waals surface area contributed by atoms with Crippen molar-refractivity contribution in [1.82, 2.24) is 9.80 Å². The molecule has 2 N–H and O–H groups in total. The highest BCUT2D eigenvalue weighted by Gasteiger charge is 2.34. The Bertz CT molecular complexity index is 523. The van der Waals surface area contributed by atoms with Crippen LogP contribution in [0.2, 0.25) is 0 Å². The summed E-state index contributed by atoms with van der Waals surface area (Å²) in [5.74, 6) is -0.320. The second-order valence-electron chi connectivity index (χ2n) is 5.73. The van der Waals surface area contributed by atoms with Gasteiger partial charge >= 0.3 is 0 Å². The van der Waals surface area contributed by atoms with Crippen molar-refractivity contribution >= 4 is 11.8 Å². The summed E-state index contributed by atoms with van der Waals surface area (Å²) in [5, 5.41) is 0. The van der Waals surface area contributed by atoms with Crippen molar-refractivity contribution in [3.8, 4) is 0 Å². The Kier molecular flexibility index (Phi) is 4.03. The first kappa shape index (κ1) is 14.2. The van der Waals surface area contributed by atoms with E-state index in [2.05, 4.69) is 4.90 Å². The molecule has 2 amide bonds. The molecule has 0 saturated carbocycles. The van der Waals surface area contributed by atoms with Crippen LogP contribution in [-0.4, -0.2) is 53.8 Å². The molecule has 0 aromatic heterocycles. The summed E-state index contributed by atoms with van der Waals surface area (Å²) in [5.41, 5.74) is 6.82. The maximum Gasteiger partial charge on any atom is 0.261 e. The van der Waals surface area contributed by atoms with E-state index in [1.54, 1.807) is 24.3 Å². The third-order valence-electron chi connectivity index (χ3n) is 4.48. The molecular weight excluding hydrogens is 266 g/mol. The summed E-state index contributed by atoms with van der Waals surface area (Å²) >= 11 is 0. The van der Waals surface area contributed by atoms with Gasteiger partial charge in [-0.05, 0) is 37.9 Å². The fraction of sp³-hybridized carbons (Fsp3) is 0.500. The Hall–Kier alpha value is -1.72. The number of likely N-dealkylation sites (tertiary alicyclic amines) is 1. The number of benzene rings is 1. The van der Waals surface area contributed by atoms with Crippen molar-refractivity contribution in [3.05, 3.63) is 35.4 Å². The van der Waals surface area contributed by atoms with Crippen LogP contribution >= 0.6 is 0 Å². The van der Waals surface area contributed by atoms with Gasteiger partial charge in [-0.1, -0.05) is 12.1 Å².